The Hall–Kier alpha value is -1.83. The van der Waals surface area contributed by atoms with Gasteiger partial charge in [-0.15, -0.1) is 0 Å². The summed E-state index contributed by atoms with van der Waals surface area (Å²) in [4.78, 5) is 0. The summed E-state index contributed by atoms with van der Waals surface area (Å²) in [5.74, 6) is 1.27. The average molecular weight is 274 g/mol. The molecule has 0 aliphatic heterocycles. The van der Waals surface area contributed by atoms with E-state index in [4.69, 9.17) is 4.74 Å². The normalized spacial score (nSPS) is 10.2. The highest BCUT2D eigenvalue weighted by molar-refractivity contribution is 5.21. The first-order chi connectivity index (χ1) is 9.49. The molecule has 0 aromatic heterocycles. The SMILES string of the molecule is CC(C)Oc1ccccc1.CC(C)c1ccc(F)cc1. The predicted octanol–water partition coefficient (Wildman–Crippen LogP) is 5.42. The van der Waals surface area contributed by atoms with Crippen molar-refractivity contribution in [2.45, 2.75) is 39.7 Å². The molecule has 2 aromatic carbocycles. The fraction of sp³-hybridized carbons (Fsp3) is 0.333. The lowest BCUT2D eigenvalue weighted by atomic mass is 10.0. The van der Waals surface area contributed by atoms with Gasteiger partial charge in [-0.3, -0.25) is 0 Å². The number of benzene rings is 2. The highest BCUT2D eigenvalue weighted by Crippen LogP contribution is 2.13. The number of ether oxygens (including phenoxy) is 1. The van der Waals surface area contributed by atoms with E-state index < -0.39 is 0 Å². The van der Waals surface area contributed by atoms with E-state index in [1.54, 1.807) is 0 Å². The molecule has 0 saturated heterocycles. The van der Waals surface area contributed by atoms with Gasteiger partial charge in [0.2, 0.25) is 0 Å². The molecule has 0 saturated carbocycles. The molecule has 0 amide bonds. The van der Waals surface area contributed by atoms with Crippen LogP contribution in [0.25, 0.3) is 0 Å². The van der Waals surface area contributed by atoms with E-state index in [1.807, 2.05) is 56.3 Å². The van der Waals surface area contributed by atoms with Crippen LogP contribution in [0.15, 0.2) is 54.6 Å². The van der Waals surface area contributed by atoms with Crippen molar-refractivity contribution in [2.24, 2.45) is 0 Å². The van der Waals surface area contributed by atoms with Crippen LogP contribution in [0.3, 0.4) is 0 Å². The zero-order valence-corrected chi connectivity index (χ0v) is 12.6. The molecular formula is C18H23FO. The predicted molar refractivity (Wildman–Crippen MR) is 82.7 cm³/mol. The summed E-state index contributed by atoms with van der Waals surface area (Å²) in [5.41, 5.74) is 1.18. The Balaban J connectivity index is 0.000000200. The maximum absolute atomic E-state index is 12.4. The van der Waals surface area contributed by atoms with E-state index in [0.717, 1.165) is 5.75 Å². The third-order valence-corrected chi connectivity index (χ3v) is 2.65. The van der Waals surface area contributed by atoms with Crippen molar-refractivity contribution in [1.29, 1.82) is 0 Å². The highest BCUT2D eigenvalue weighted by Gasteiger charge is 1.96. The summed E-state index contributed by atoms with van der Waals surface area (Å²) in [6, 6.07) is 16.5. The number of para-hydroxylation sites is 1. The summed E-state index contributed by atoms with van der Waals surface area (Å²) in [6.07, 6.45) is 0.266. The molecule has 0 bridgehead atoms. The molecule has 0 atom stereocenters. The second-order valence-corrected chi connectivity index (χ2v) is 5.19. The molecule has 2 aromatic rings. The van der Waals surface area contributed by atoms with Crippen LogP contribution in [0.5, 0.6) is 5.75 Å². The summed E-state index contributed by atoms with van der Waals surface area (Å²) in [7, 11) is 0. The van der Waals surface area contributed by atoms with Crippen molar-refractivity contribution in [2.75, 3.05) is 0 Å². The number of halogens is 1. The van der Waals surface area contributed by atoms with Crippen molar-refractivity contribution in [3.63, 3.8) is 0 Å². The van der Waals surface area contributed by atoms with E-state index in [0.29, 0.717) is 5.92 Å². The van der Waals surface area contributed by atoms with Gasteiger partial charge in [-0.1, -0.05) is 44.2 Å². The minimum Gasteiger partial charge on any atom is -0.491 e. The van der Waals surface area contributed by atoms with Crippen molar-refractivity contribution < 1.29 is 9.13 Å². The fourth-order valence-electron chi connectivity index (χ4n) is 1.62. The quantitative estimate of drug-likeness (QED) is 0.726. The Labute approximate surface area is 121 Å². The topological polar surface area (TPSA) is 9.23 Å². The summed E-state index contributed by atoms with van der Waals surface area (Å²) < 4.78 is 17.8. The monoisotopic (exact) mass is 274 g/mol. The zero-order chi connectivity index (χ0) is 15.0. The van der Waals surface area contributed by atoms with Crippen LogP contribution < -0.4 is 4.74 Å². The summed E-state index contributed by atoms with van der Waals surface area (Å²) >= 11 is 0. The molecule has 108 valence electrons. The molecule has 0 spiro atoms. The number of hydrogen-bond acceptors (Lipinski definition) is 1. The van der Waals surface area contributed by atoms with Crippen molar-refractivity contribution in [3.05, 3.63) is 66.0 Å². The maximum atomic E-state index is 12.4. The van der Waals surface area contributed by atoms with Gasteiger partial charge in [0.1, 0.15) is 11.6 Å². The minimum atomic E-state index is -0.163. The van der Waals surface area contributed by atoms with Crippen LogP contribution in [0.4, 0.5) is 4.39 Å². The molecule has 0 heterocycles. The Morgan fingerprint density at radius 3 is 1.80 bits per heavy atom. The first kappa shape index (κ1) is 16.2. The smallest absolute Gasteiger partial charge is 0.123 e. The average Bonchev–Trinajstić information content (AvgIpc) is 2.40. The molecule has 0 aliphatic carbocycles. The molecular weight excluding hydrogens is 251 g/mol. The largest absolute Gasteiger partial charge is 0.491 e. The van der Waals surface area contributed by atoms with Crippen LogP contribution in [-0.4, -0.2) is 6.10 Å². The van der Waals surface area contributed by atoms with Gasteiger partial charge in [-0.05, 0) is 49.6 Å². The van der Waals surface area contributed by atoms with Crippen LogP contribution in [0.2, 0.25) is 0 Å². The molecule has 1 nitrogen and oxygen atoms in total. The van der Waals surface area contributed by atoms with E-state index in [-0.39, 0.29) is 11.9 Å². The van der Waals surface area contributed by atoms with Crippen LogP contribution in [0, 0.1) is 5.82 Å². The van der Waals surface area contributed by atoms with Crippen molar-refractivity contribution >= 4 is 0 Å². The highest BCUT2D eigenvalue weighted by atomic mass is 19.1. The van der Waals surface area contributed by atoms with E-state index in [2.05, 4.69) is 13.8 Å². The Morgan fingerprint density at radius 1 is 0.800 bits per heavy atom. The first-order valence-electron chi connectivity index (χ1n) is 6.96. The lowest BCUT2D eigenvalue weighted by Crippen LogP contribution is -2.04. The molecule has 0 radical (unpaired) electrons. The van der Waals surface area contributed by atoms with Gasteiger partial charge < -0.3 is 4.74 Å². The van der Waals surface area contributed by atoms with Gasteiger partial charge in [0, 0.05) is 0 Å². The van der Waals surface area contributed by atoms with Gasteiger partial charge in [-0.2, -0.15) is 0 Å². The maximum Gasteiger partial charge on any atom is 0.123 e. The summed E-state index contributed by atoms with van der Waals surface area (Å²) in [5, 5.41) is 0. The Morgan fingerprint density at radius 2 is 1.35 bits per heavy atom. The number of hydrogen-bond donors (Lipinski definition) is 0. The van der Waals surface area contributed by atoms with Gasteiger partial charge in [0.15, 0.2) is 0 Å². The van der Waals surface area contributed by atoms with E-state index >= 15 is 0 Å². The molecule has 2 rings (SSSR count). The van der Waals surface area contributed by atoms with Crippen LogP contribution >= 0.6 is 0 Å². The second kappa shape index (κ2) is 8.36. The lowest BCUT2D eigenvalue weighted by Gasteiger charge is -2.07. The van der Waals surface area contributed by atoms with Gasteiger partial charge >= 0.3 is 0 Å². The molecule has 0 fully saturated rings. The third-order valence-electron chi connectivity index (χ3n) is 2.65. The van der Waals surface area contributed by atoms with Gasteiger partial charge in [0.05, 0.1) is 6.10 Å². The standard InChI is InChI=1S/C9H11F.C9H12O/c1-7(2)8-3-5-9(10)6-4-8;1-8(2)10-9-6-4-3-5-7-9/h3-7H,1-2H3;3-8H,1-2H3. The molecule has 0 aliphatic rings. The van der Waals surface area contributed by atoms with Gasteiger partial charge in [-0.25, -0.2) is 4.39 Å². The lowest BCUT2D eigenvalue weighted by molar-refractivity contribution is 0.242. The Bertz CT molecular complexity index is 475. The minimum absolute atomic E-state index is 0.163. The molecule has 2 heteroatoms. The van der Waals surface area contributed by atoms with E-state index in [9.17, 15) is 4.39 Å². The van der Waals surface area contributed by atoms with E-state index in [1.165, 1.54) is 17.7 Å². The first-order valence-corrected chi connectivity index (χ1v) is 6.96. The fourth-order valence-corrected chi connectivity index (χ4v) is 1.62. The number of rotatable bonds is 3. The third kappa shape index (κ3) is 6.37. The summed E-state index contributed by atoms with van der Waals surface area (Å²) in [6.45, 7) is 8.22. The van der Waals surface area contributed by atoms with Crippen molar-refractivity contribution in [1.82, 2.24) is 0 Å². The molecule has 0 N–H and O–H groups in total. The second-order valence-electron chi connectivity index (χ2n) is 5.19. The molecule has 0 unspecified atom stereocenters. The van der Waals surface area contributed by atoms with Crippen LogP contribution in [0.1, 0.15) is 39.2 Å². The Kier molecular flexibility index (Phi) is 6.78. The van der Waals surface area contributed by atoms with Crippen molar-refractivity contribution in [3.8, 4) is 5.75 Å². The molecule has 20 heavy (non-hydrogen) atoms. The zero-order valence-electron chi connectivity index (χ0n) is 12.6. The van der Waals surface area contributed by atoms with Crippen LogP contribution in [-0.2, 0) is 0 Å². The van der Waals surface area contributed by atoms with Gasteiger partial charge in [0.25, 0.3) is 0 Å².